The smallest absolute Gasteiger partial charge is 0.227 e. The van der Waals surface area contributed by atoms with E-state index >= 15 is 0 Å². The second-order valence-corrected chi connectivity index (χ2v) is 3.75. The number of carbonyl (C=O) groups excluding carboxylic acids is 1. The molecule has 2 N–H and O–H groups in total. The first-order valence-electron chi connectivity index (χ1n) is 4.41. The Hall–Kier alpha value is -0.570. The molecule has 12 heavy (non-hydrogen) atoms. The van der Waals surface area contributed by atoms with Crippen LogP contribution in [0.1, 0.15) is 27.2 Å². The fourth-order valence-corrected chi connectivity index (χ4v) is 0.963. The van der Waals surface area contributed by atoms with Gasteiger partial charge in [0.05, 0.1) is 0 Å². The average Bonchev–Trinajstić information content (AvgIpc) is 2.03. The summed E-state index contributed by atoms with van der Waals surface area (Å²) in [7, 11) is 1.80. The average molecular weight is 172 g/mol. The summed E-state index contributed by atoms with van der Waals surface area (Å²) in [5.41, 5.74) is 5.11. The lowest BCUT2D eigenvalue weighted by Gasteiger charge is -2.27. The van der Waals surface area contributed by atoms with Crippen LogP contribution >= 0.6 is 0 Å². The molecule has 0 aliphatic carbocycles. The molecule has 0 saturated carbocycles. The number of nitrogens with zero attached hydrogens (tertiary/aromatic N) is 1. The van der Waals surface area contributed by atoms with Crippen LogP contribution in [0.5, 0.6) is 0 Å². The number of rotatable bonds is 4. The summed E-state index contributed by atoms with van der Waals surface area (Å²) in [6.45, 7) is 7.11. The third kappa shape index (κ3) is 2.81. The van der Waals surface area contributed by atoms with E-state index in [4.69, 9.17) is 5.73 Å². The summed E-state index contributed by atoms with van der Waals surface area (Å²) in [6.07, 6.45) is 0.862. The van der Waals surface area contributed by atoms with Gasteiger partial charge in [-0.1, -0.05) is 20.8 Å². The molecule has 0 unspecified atom stereocenters. The third-order valence-corrected chi connectivity index (χ3v) is 2.27. The number of hydrogen-bond donors (Lipinski definition) is 1. The van der Waals surface area contributed by atoms with Crippen molar-refractivity contribution in [3.05, 3.63) is 0 Å². The first-order chi connectivity index (χ1) is 5.45. The highest BCUT2D eigenvalue weighted by atomic mass is 16.2. The summed E-state index contributed by atoms with van der Waals surface area (Å²) >= 11 is 0. The fraction of sp³-hybridized carbons (Fsp3) is 0.889. The monoisotopic (exact) mass is 172 g/mol. The molecule has 0 atom stereocenters. The molecule has 0 rings (SSSR count). The predicted molar refractivity (Wildman–Crippen MR) is 50.8 cm³/mol. The van der Waals surface area contributed by atoms with Crippen molar-refractivity contribution >= 4 is 5.91 Å². The molecule has 0 bridgehead atoms. The summed E-state index contributed by atoms with van der Waals surface area (Å²) in [4.78, 5) is 13.4. The molecule has 72 valence electrons. The van der Waals surface area contributed by atoms with Crippen molar-refractivity contribution in [2.45, 2.75) is 27.2 Å². The zero-order valence-electron chi connectivity index (χ0n) is 8.55. The molecule has 3 nitrogen and oxygen atoms in total. The van der Waals surface area contributed by atoms with E-state index in [1.807, 2.05) is 20.8 Å². The van der Waals surface area contributed by atoms with E-state index in [0.717, 1.165) is 6.42 Å². The van der Waals surface area contributed by atoms with Crippen molar-refractivity contribution in [1.82, 2.24) is 4.90 Å². The van der Waals surface area contributed by atoms with Crippen molar-refractivity contribution in [2.75, 3.05) is 20.1 Å². The first kappa shape index (κ1) is 11.4. The van der Waals surface area contributed by atoms with E-state index in [1.54, 1.807) is 11.9 Å². The number of hydrogen-bond acceptors (Lipinski definition) is 2. The highest BCUT2D eigenvalue weighted by Gasteiger charge is 2.27. The summed E-state index contributed by atoms with van der Waals surface area (Å²) < 4.78 is 0. The van der Waals surface area contributed by atoms with Gasteiger partial charge in [-0.25, -0.2) is 0 Å². The van der Waals surface area contributed by atoms with Gasteiger partial charge in [-0.15, -0.1) is 0 Å². The Morgan fingerprint density at radius 2 is 2.00 bits per heavy atom. The zero-order chi connectivity index (χ0) is 9.78. The van der Waals surface area contributed by atoms with E-state index < -0.39 is 0 Å². The molecule has 0 saturated heterocycles. The Morgan fingerprint density at radius 3 is 2.33 bits per heavy atom. The van der Waals surface area contributed by atoms with Gasteiger partial charge in [0.25, 0.3) is 0 Å². The molecular formula is C9H20N2O. The van der Waals surface area contributed by atoms with Crippen LogP contribution in [0.25, 0.3) is 0 Å². The van der Waals surface area contributed by atoms with Crippen LogP contribution in [0.3, 0.4) is 0 Å². The number of carbonyl (C=O) groups is 1. The predicted octanol–water partition coefficient (Wildman–Crippen LogP) is 0.840. The van der Waals surface area contributed by atoms with Crippen molar-refractivity contribution in [3.8, 4) is 0 Å². The highest BCUT2D eigenvalue weighted by molar-refractivity contribution is 5.81. The Kier molecular flexibility index (Phi) is 4.24. The van der Waals surface area contributed by atoms with E-state index in [1.165, 1.54) is 0 Å². The summed E-state index contributed by atoms with van der Waals surface area (Å²) in [5, 5.41) is 0. The maximum atomic E-state index is 11.7. The number of nitrogens with two attached hydrogens (primary N) is 1. The lowest BCUT2D eigenvalue weighted by Crippen LogP contribution is -2.40. The highest BCUT2D eigenvalue weighted by Crippen LogP contribution is 2.21. The number of amides is 1. The maximum Gasteiger partial charge on any atom is 0.227 e. The lowest BCUT2D eigenvalue weighted by molar-refractivity contribution is -0.139. The molecule has 0 aromatic carbocycles. The Morgan fingerprint density at radius 1 is 1.50 bits per heavy atom. The second kappa shape index (κ2) is 4.45. The largest absolute Gasteiger partial charge is 0.344 e. The van der Waals surface area contributed by atoms with Crippen molar-refractivity contribution < 1.29 is 4.79 Å². The molecule has 0 radical (unpaired) electrons. The van der Waals surface area contributed by atoms with Gasteiger partial charge in [0.2, 0.25) is 5.91 Å². The first-order valence-corrected chi connectivity index (χ1v) is 4.41. The van der Waals surface area contributed by atoms with Gasteiger partial charge < -0.3 is 10.6 Å². The van der Waals surface area contributed by atoms with Crippen molar-refractivity contribution in [1.29, 1.82) is 0 Å². The van der Waals surface area contributed by atoms with Crippen molar-refractivity contribution in [3.63, 3.8) is 0 Å². The molecule has 3 heteroatoms. The van der Waals surface area contributed by atoms with Crippen LogP contribution in [0.4, 0.5) is 0 Å². The standard InChI is InChI=1S/C9H20N2O/c1-5-9(2,3)8(12)11(4)7-6-10/h5-7,10H2,1-4H3. The quantitative estimate of drug-likeness (QED) is 0.683. The molecule has 0 heterocycles. The minimum atomic E-state index is -0.246. The van der Waals surface area contributed by atoms with Gasteiger partial charge in [-0.2, -0.15) is 0 Å². The topological polar surface area (TPSA) is 46.3 Å². The van der Waals surface area contributed by atoms with E-state index in [9.17, 15) is 4.79 Å². The normalized spacial score (nSPS) is 11.4. The van der Waals surface area contributed by atoms with Crippen LogP contribution in [0.15, 0.2) is 0 Å². The Balaban J connectivity index is 4.18. The number of likely N-dealkylation sites (N-methyl/N-ethyl adjacent to an activating group) is 1. The molecule has 0 fully saturated rings. The molecule has 0 aromatic heterocycles. The van der Waals surface area contributed by atoms with Gasteiger partial charge in [-0.3, -0.25) is 4.79 Å². The van der Waals surface area contributed by atoms with E-state index in [2.05, 4.69) is 0 Å². The van der Waals surface area contributed by atoms with Gasteiger partial charge in [0.15, 0.2) is 0 Å². The van der Waals surface area contributed by atoms with Crippen LogP contribution < -0.4 is 5.73 Å². The zero-order valence-corrected chi connectivity index (χ0v) is 8.55. The van der Waals surface area contributed by atoms with Crippen LogP contribution in [-0.2, 0) is 4.79 Å². The molecule has 0 aliphatic rings. The fourth-order valence-electron chi connectivity index (χ4n) is 0.963. The SMILES string of the molecule is CCC(C)(C)C(=O)N(C)CCN. The van der Waals surface area contributed by atoms with E-state index in [0.29, 0.717) is 13.1 Å². The molecule has 0 aliphatic heterocycles. The van der Waals surface area contributed by atoms with E-state index in [-0.39, 0.29) is 11.3 Å². The van der Waals surface area contributed by atoms with Crippen LogP contribution in [0.2, 0.25) is 0 Å². The van der Waals surface area contributed by atoms with Gasteiger partial charge in [0, 0.05) is 25.6 Å². The Labute approximate surface area is 74.9 Å². The molecule has 1 amide bonds. The Bertz CT molecular complexity index is 155. The van der Waals surface area contributed by atoms with Gasteiger partial charge in [0.1, 0.15) is 0 Å². The lowest BCUT2D eigenvalue weighted by atomic mass is 9.89. The van der Waals surface area contributed by atoms with Gasteiger partial charge in [-0.05, 0) is 6.42 Å². The van der Waals surface area contributed by atoms with Crippen molar-refractivity contribution in [2.24, 2.45) is 11.1 Å². The van der Waals surface area contributed by atoms with Gasteiger partial charge >= 0.3 is 0 Å². The van der Waals surface area contributed by atoms with Crippen LogP contribution in [0, 0.1) is 5.41 Å². The minimum Gasteiger partial charge on any atom is -0.344 e. The second-order valence-electron chi connectivity index (χ2n) is 3.75. The summed E-state index contributed by atoms with van der Waals surface area (Å²) in [5.74, 6) is 0.176. The maximum absolute atomic E-state index is 11.7. The summed E-state index contributed by atoms with van der Waals surface area (Å²) in [6, 6.07) is 0. The third-order valence-electron chi connectivity index (χ3n) is 2.27. The van der Waals surface area contributed by atoms with Crippen LogP contribution in [-0.4, -0.2) is 30.9 Å². The molecule has 0 aromatic rings. The molecular weight excluding hydrogens is 152 g/mol. The minimum absolute atomic E-state index is 0.176. The molecule has 0 spiro atoms.